The normalized spacial score (nSPS) is 21.3. The molecule has 2 bridgehead atoms. The summed E-state index contributed by atoms with van der Waals surface area (Å²) >= 11 is 0. The molecule has 9 rings (SSSR count). The molecule has 0 amide bonds. The third-order valence-electron chi connectivity index (χ3n) is 10.1. The predicted molar refractivity (Wildman–Crippen MR) is 183 cm³/mol. The molecule has 0 heterocycles. The van der Waals surface area contributed by atoms with Crippen molar-refractivity contribution in [3.63, 3.8) is 0 Å². The second-order valence-electron chi connectivity index (χ2n) is 12.9. The summed E-state index contributed by atoms with van der Waals surface area (Å²) in [7, 11) is 0. The van der Waals surface area contributed by atoms with Crippen molar-refractivity contribution in [1.82, 2.24) is 0 Å². The van der Waals surface area contributed by atoms with Crippen LogP contribution in [0.4, 0.5) is 11.4 Å². The fourth-order valence-electron chi connectivity index (χ4n) is 7.94. The van der Waals surface area contributed by atoms with Gasteiger partial charge in [-0.05, 0) is 113 Å². The number of para-hydroxylation sites is 2. The zero-order valence-corrected chi connectivity index (χ0v) is 25.5. The molecule has 3 aliphatic carbocycles. The van der Waals surface area contributed by atoms with Crippen LogP contribution in [0.3, 0.4) is 0 Å². The van der Waals surface area contributed by atoms with E-state index in [-0.39, 0.29) is 11.8 Å². The van der Waals surface area contributed by atoms with Crippen LogP contribution in [-0.4, -0.2) is 11.3 Å². The number of aryl methyl sites for hydroxylation is 4. The lowest BCUT2D eigenvalue weighted by Crippen LogP contribution is -2.58. The minimum atomic E-state index is -0.457. The molecule has 3 aliphatic rings. The summed E-state index contributed by atoms with van der Waals surface area (Å²) in [5, 5.41) is 9.33. The van der Waals surface area contributed by atoms with E-state index in [9.17, 15) is 0 Å². The lowest BCUT2D eigenvalue weighted by Gasteiger charge is -2.54. The summed E-state index contributed by atoms with van der Waals surface area (Å²) < 4.78 is 0. The van der Waals surface area contributed by atoms with E-state index in [1.54, 1.807) is 0 Å². The van der Waals surface area contributed by atoms with Crippen LogP contribution in [0.25, 0.3) is 21.5 Å². The monoisotopic (exact) mass is 556 g/mol. The maximum atomic E-state index is 5.72. The maximum Gasteiger partial charge on any atom is 0.0847 e. The largest absolute Gasteiger partial charge is 0.373 e. The molecule has 43 heavy (non-hydrogen) atoms. The van der Waals surface area contributed by atoms with Gasteiger partial charge >= 0.3 is 0 Å². The van der Waals surface area contributed by atoms with E-state index in [1.165, 1.54) is 77.5 Å². The fraction of sp³-hybridized carbons (Fsp3) is 0.195. The van der Waals surface area contributed by atoms with Gasteiger partial charge < -0.3 is 5.32 Å². The lowest BCUT2D eigenvalue weighted by atomic mass is 9.54. The number of hydrogen-bond donors (Lipinski definition) is 1. The van der Waals surface area contributed by atoms with E-state index >= 15 is 0 Å². The Balaban J connectivity index is 1.50. The van der Waals surface area contributed by atoms with Gasteiger partial charge in [-0.2, -0.15) is 0 Å². The first-order valence-electron chi connectivity index (χ1n) is 15.4. The van der Waals surface area contributed by atoms with E-state index in [0.717, 1.165) is 5.69 Å². The highest BCUT2D eigenvalue weighted by Crippen LogP contribution is 2.58. The van der Waals surface area contributed by atoms with Gasteiger partial charge in [0.15, 0.2) is 0 Å². The van der Waals surface area contributed by atoms with Crippen molar-refractivity contribution in [2.24, 2.45) is 4.99 Å². The van der Waals surface area contributed by atoms with Crippen molar-refractivity contribution in [3.05, 3.63) is 154 Å². The molecule has 0 radical (unpaired) electrons. The summed E-state index contributed by atoms with van der Waals surface area (Å²) in [6.07, 6.45) is 0. The fourth-order valence-corrected chi connectivity index (χ4v) is 7.94. The molecule has 1 unspecified atom stereocenters. The van der Waals surface area contributed by atoms with E-state index < -0.39 is 5.54 Å². The van der Waals surface area contributed by atoms with Crippen LogP contribution < -0.4 is 5.32 Å². The third-order valence-corrected chi connectivity index (χ3v) is 10.1. The minimum absolute atomic E-state index is 0.0324. The summed E-state index contributed by atoms with van der Waals surface area (Å²) in [4.78, 5) is 5.72. The number of rotatable bonds is 3. The molecular weight excluding hydrogens is 520 g/mol. The maximum absolute atomic E-state index is 5.72. The van der Waals surface area contributed by atoms with Crippen LogP contribution in [0.1, 0.15) is 63.3 Å². The Bertz CT molecular complexity index is 2010. The first-order valence-corrected chi connectivity index (χ1v) is 15.4. The van der Waals surface area contributed by atoms with Gasteiger partial charge in [-0.25, -0.2) is 0 Å². The van der Waals surface area contributed by atoms with E-state index in [0.29, 0.717) is 0 Å². The molecule has 6 aromatic carbocycles. The number of fused-ring (bicyclic) bond motifs is 3. The van der Waals surface area contributed by atoms with E-state index in [2.05, 4.69) is 149 Å². The van der Waals surface area contributed by atoms with Crippen molar-refractivity contribution in [1.29, 1.82) is 0 Å². The minimum Gasteiger partial charge on any atom is -0.373 e. The topological polar surface area (TPSA) is 24.4 Å². The molecule has 0 aromatic heterocycles. The van der Waals surface area contributed by atoms with Crippen LogP contribution >= 0.6 is 0 Å². The van der Waals surface area contributed by atoms with Crippen molar-refractivity contribution >= 4 is 38.6 Å². The molecule has 0 fully saturated rings. The Labute approximate surface area is 254 Å². The molecule has 1 atom stereocenters. The quantitative estimate of drug-likeness (QED) is 0.230. The molecule has 210 valence electrons. The smallest absolute Gasteiger partial charge is 0.0847 e. The van der Waals surface area contributed by atoms with E-state index in [1.807, 2.05) is 0 Å². The molecular formula is C41H36N2. The van der Waals surface area contributed by atoms with Gasteiger partial charge in [0, 0.05) is 11.6 Å². The molecule has 0 saturated heterocycles. The molecule has 1 N–H and O–H groups in total. The highest BCUT2D eigenvalue weighted by molar-refractivity contribution is 6.11. The lowest BCUT2D eigenvalue weighted by molar-refractivity contribution is 0.526. The summed E-state index contributed by atoms with van der Waals surface area (Å²) in [5.74, 6) is 0.115. The third kappa shape index (κ3) is 3.82. The van der Waals surface area contributed by atoms with Crippen LogP contribution in [0.2, 0.25) is 0 Å². The SMILES string of the molecule is Cc1cccc(C)c1N=C1C2c3cc4ccccc4cc3C(c3cc4ccccc4cc32)C1(C)Nc1c(C)cccc1C. The average Bonchev–Trinajstić information content (AvgIpc) is 3.00. The van der Waals surface area contributed by atoms with Crippen molar-refractivity contribution in [2.45, 2.75) is 52.0 Å². The molecule has 0 spiro atoms. The van der Waals surface area contributed by atoms with Crippen LogP contribution in [-0.2, 0) is 0 Å². The first kappa shape index (κ1) is 26.0. The number of anilines is 1. The van der Waals surface area contributed by atoms with Gasteiger partial charge in [0.2, 0.25) is 0 Å². The van der Waals surface area contributed by atoms with Crippen LogP contribution in [0.5, 0.6) is 0 Å². The number of benzene rings is 6. The number of nitrogens with one attached hydrogen (secondary N) is 1. The number of hydrogen-bond acceptors (Lipinski definition) is 2. The second kappa shape index (κ2) is 9.41. The van der Waals surface area contributed by atoms with Crippen LogP contribution in [0, 0.1) is 27.7 Å². The van der Waals surface area contributed by atoms with Gasteiger partial charge in [0.1, 0.15) is 0 Å². The summed E-state index contributed by atoms with van der Waals surface area (Å²) in [5.41, 5.74) is 13.6. The van der Waals surface area contributed by atoms with Gasteiger partial charge in [-0.1, -0.05) is 97.1 Å². The Morgan fingerprint density at radius 1 is 0.535 bits per heavy atom. The molecule has 0 aliphatic heterocycles. The van der Waals surface area contributed by atoms with Crippen molar-refractivity contribution in [2.75, 3.05) is 5.32 Å². The second-order valence-corrected chi connectivity index (χ2v) is 12.9. The molecule has 0 saturated carbocycles. The van der Waals surface area contributed by atoms with Crippen molar-refractivity contribution in [3.8, 4) is 0 Å². The van der Waals surface area contributed by atoms with Gasteiger partial charge in [-0.3, -0.25) is 4.99 Å². The Kier molecular flexibility index (Phi) is 5.68. The summed E-state index contributed by atoms with van der Waals surface area (Å²) in [6.45, 7) is 11.2. The zero-order chi connectivity index (χ0) is 29.5. The molecule has 6 aromatic rings. The Hall–Kier alpha value is -4.69. The molecule has 2 heteroatoms. The Morgan fingerprint density at radius 3 is 1.42 bits per heavy atom. The standard InChI is InChI=1S/C41H36N2/c1-24-12-10-13-25(2)38(24)42-40-36-32-20-28-16-6-8-18-30(28)22-34(32)37(35-23-31-19-9-7-17-29(31)21-33(35)36)41(40,5)43-39-26(3)14-11-15-27(39)4/h6-23,36-37,43H,1-5H3. The van der Waals surface area contributed by atoms with Crippen LogP contribution in [0.15, 0.2) is 114 Å². The van der Waals surface area contributed by atoms with Gasteiger partial charge in [-0.15, -0.1) is 0 Å². The highest BCUT2D eigenvalue weighted by atomic mass is 15.0. The zero-order valence-electron chi connectivity index (χ0n) is 25.5. The number of aliphatic imine (C=N–C) groups is 1. The highest BCUT2D eigenvalue weighted by Gasteiger charge is 2.55. The first-order chi connectivity index (χ1) is 20.8. The number of nitrogens with zero attached hydrogens (tertiary/aromatic N) is 1. The van der Waals surface area contributed by atoms with Gasteiger partial charge in [0.25, 0.3) is 0 Å². The Morgan fingerprint density at radius 2 is 0.953 bits per heavy atom. The van der Waals surface area contributed by atoms with E-state index in [4.69, 9.17) is 4.99 Å². The average molecular weight is 557 g/mol. The predicted octanol–water partition coefficient (Wildman–Crippen LogP) is 10.5. The summed E-state index contributed by atoms with van der Waals surface area (Å²) in [6, 6.07) is 40.5. The molecule has 2 nitrogen and oxygen atoms in total. The van der Waals surface area contributed by atoms with Crippen molar-refractivity contribution < 1.29 is 0 Å². The van der Waals surface area contributed by atoms with Gasteiger partial charge in [0.05, 0.1) is 22.9 Å².